The van der Waals surface area contributed by atoms with Crippen LogP contribution in [0.25, 0.3) is 0 Å². The maximum Gasteiger partial charge on any atom is 0.325 e. The monoisotopic (exact) mass is 460 g/mol. The van der Waals surface area contributed by atoms with E-state index in [1.165, 1.54) is 18.4 Å². The van der Waals surface area contributed by atoms with Crippen LogP contribution in [0.2, 0.25) is 0 Å². The van der Waals surface area contributed by atoms with E-state index in [9.17, 15) is 18.0 Å². The Balaban J connectivity index is 2.17. The summed E-state index contributed by atoms with van der Waals surface area (Å²) >= 11 is 0. The standard InChI is InChI=1S/C24H32N2O5S/c1-7-31-22(28)15-26-16(2)18(23-19(26)13-24(3,4)14-20(23)27)12-17-10-8-9-11-21(17)32(29,30)25(5)6/h8-11H,7,12-15H2,1-6H3. The van der Waals surface area contributed by atoms with Gasteiger partial charge in [-0.3, -0.25) is 9.59 Å². The number of ketones is 1. The summed E-state index contributed by atoms with van der Waals surface area (Å²) in [5.41, 5.74) is 3.45. The average Bonchev–Trinajstić information content (AvgIpc) is 2.93. The lowest BCUT2D eigenvalue weighted by atomic mass is 9.75. The van der Waals surface area contributed by atoms with Crippen molar-refractivity contribution in [2.45, 2.75) is 58.4 Å². The second kappa shape index (κ2) is 8.83. The Morgan fingerprint density at radius 1 is 1.19 bits per heavy atom. The Bertz CT molecular complexity index is 1160. The van der Waals surface area contributed by atoms with Crippen molar-refractivity contribution in [2.75, 3.05) is 20.7 Å². The maximum absolute atomic E-state index is 13.2. The fraction of sp³-hybridized carbons (Fsp3) is 0.500. The zero-order valence-electron chi connectivity index (χ0n) is 19.7. The van der Waals surface area contributed by atoms with Gasteiger partial charge in [-0.2, -0.15) is 0 Å². The molecule has 0 aliphatic heterocycles. The number of carbonyl (C=O) groups is 2. The van der Waals surface area contributed by atoms with Crippen molar-refractivity contribution < 1.29 is 22.7 Å². The molecule has 1 aromatic heterocycles. The van der Waals surface area contributed by atoms with Crippen molar-refractivity contribution in [3.8, 4) is 0 Å². The van der Waals surface area contributed by atoms with Gasteiger partial charge in [-0.1, -0.05) is 32.0 Å². The normalized spacial score (nSPS) is 15.7. The van der Waals surface area contributed by atoms with Gasteiger partial charge in [-0.15, -0.1) is 0 Å². The van der Waals surface area contributed by atoms with Crippen LogP contribution >= 0.6 is 0 Å². The lowest BCUT2D eigenvalue weighted by Gasteiger charge is -2.30. The fourth-order valence-corrected chi connectivity index (χ4v) is 5.58. The minimum absolute atomic E-state index is 0.0308. The molecule has 1 aliphatic carbocycles. The molecule has 1 aromatic carbocycles. The zero-order valence-corrected chi connectivity index (χ0v) is 20.5. The topological polar surface area (TPSA) is 85.7 Å². The molecule has 0 amide bonds. The molecule has 0 radical (unpaired) electrons. The summed E-state index contributed by atoms with van der Waals surface area (Å²) in [5, 5.41) is 0. The summed E-state index contributed by atoms with van der Waals surface area (Å²) in [5.74, 6) is -0.323. The van der Waals surface area contributed by atoms with Crippen LogP contribution in [0.1, 0.15) is 60.1 Å². The van der Waals surface area contributed by atoms with Crippen molar-refractivity contribution in [3.63, 3.8) is 0 Å². The van der Waals surface area contributed by atoms with Gasteiger partial charge in [-0.05, 0) is 42.9 Å². The first kappa shape index (κ1) is 24.2. The van der Waals surface area contributed by atoms with Gasteiger partial charge in [0.2, 0.25) is 10.0 Å². The molecule has 174 valence electrons. The molecule has 7 nitrogen and oxygen atoms in total. The van der Waals surface area contributed by atoms with Crippen LogP contribution in [0, 0.1) is 12.3 Å². The van der Waals surface area contributed by atoms with Gasteiger partial charge in [0, 0.05) is 43.9 Å². The number of hydrogen-bond acceptors (Lipinski definition) is 5. The van der Waals surface area contributed by atoms with Crippen LogP contribution < -0.4 is 0 Å². The molecule has 0 spiro atoms. The first-order chi connectivity index (χ1) is 14.9. The Morgan fingerprint density at radius 2 is 1.84 bits per heavy atom. The Kier molecular flexibility index (Phi) is 6.67. The van der Waals surface area contributed by atoms with Crippen molar-refractivity contribution >= 4 is 21.8 Å². The predicted octanol–water partition coefficient (Wildman–Crippen LogP) is 3.36. The number of esters is 1. The quantitative estimate of drug-likeness (QED) is 0.592. The molecular weight excluding hydrogens is 428 g/mol. The lowest BCUT2D eigenvalue weighted by Crippen LogP contribution is -2.29. The third-order valence-electron chi connectivity index (χ3n) is 6.01. The summed E-state index contributed by atoms with van der Waals surface area (Å²) in [6, 6.07) is 6.86. The van der Waals surface area contributed by atoms with E-state index in [0.29, 0.717) is 30.4 Å². The molecule has 1 aliphatic rings. The van der Waals surface area contributed by atoms with E-state index >= 15 is 0 Å². The Labute approximate surface area is 190 Å². The minimum atomic E-state index is -3.65. The number of hydrogen-bond donors (Lipinski definition) is 0. The number of sulfonamides is 1. The van der Waals surface area contributed by atoms with Crippen LogP contribution in [-0.4, -0.2) is 49.7 Å². The third-order valence-corrected chi connectivity index (χ3v) is 7.93. The van der Waals surface area contributed by atoms with Gasteiger partial charge in [0.1, 0.15) is 6.54 Å². The van der Waals surface area contributed by atoms with E-state index in [4.69, 9.17) is 4.74 Å². The van der Waals surface area contributed by atoms with Crippen LogP contribution in [0.3, 0.4) is 0 Å². The second-order valence-corrected chi connectivity index (χ2v) is 11.4. The van der Waals surface area contributed by atoms with Gasteiger partial charge in [-0.25, -0.2) is 12.7 Å². The molecule has 0 saturated heterocycles. The van der Waals surface area contributed by atoms with Crippen LogP contribution in [0.5, 0.6) is 0 Å². The largest absolute Gasteiger partial charge is 0.465 e. The molecule has 32 heavy (non-hydrogen) atoms. The molecule has 0 saturated carbocycles. The maximum atomic E-state index is 13.2. The number of nitrogens with zero attached hydrogens (tertiary/aromatic N) is 2. The molecular formula is C24H32N2O5S. The van der Waals surface area contributed by atoms with E-state index in [1.807, 2.05) is 25.3 Å². The highest BCUT2D eigenvalue weighted by Crippen LogP contribution is 2.39. The van der Waals surface area contributed by atoms with E-state index in [2.05, 4.69) is 0 Å². The van der Waals surface area contributed by atoms with E-state index < -0.39 is 10.0 Å². The number of Topliss-reactive ketones (excluding diaryl/α,β-unsaturated/α-hetero) is 1. The third kappa shape index (κ3) is 4.52. The van der Waals surface area contributed by atoms with Crippen molar-refractivity contribution in [3.05, 3.63) is 52.3 Å². The smallest absolute Gasteiger partial charge is 0.325 e. The van der Waals surface area contributed by atoms with Crippen LogP contribution in [0.4, 0.5) is 0 Å². The van der Waals surface area contributed by atoms with Gasteiger partial charge in [0.15, 0.2) is 5.78 Å². The number of fused-ring (bicyclic) bond motifs is 1. The lowest BCUT2D eigenvalue weighted by molar-refractivity contribution is -0.143. The number of aromatic nitrogens is 1. The minimum Gasteiger partial charge on any atom is -0.465 e. The van der Waals surface area contributed by atoms with Crippen molar-refractivity contribution in [1.29, 1.82) is 0 Å². The van der Waals surface area contributed by atoms with Crippen LogP contribution in [0.15, 0.2) is 29.2 Å². The van der Waals surface area contributed by atoms with Crippen molar-refractivity contribution in [1.82, 2.24) is 8.87 Å². The summed E-state index contributed by atoms with van der Waals surface area (Å²) in [6.45, 7) is 8.05. The highest BCUT2D eigenvalue weighted by molar-refractivity contribution is 7.89. The summed E-state index contributed by atoms with van der Waals surface area (Å²) < 4.78 is 34.0. The highest BCUT2D eigenvalue weighted by Gasteiger charge is 2.37. The highest BCUT2D eigenvalue weighted by atomic mass is 32.2. The zero-order chi connectivity index (χ0) is 23.8. The van der Waals surface area contributed by atoms with E-state index in [-0.39, 0.29) is 35.2 Å². The SMILES string of the molecule is CCOC(=O)Cn1c(C)c(Cc2ccccc2S(=O)(=O)N(C)C)c2c1CC(C)(C)CC2=O. The first-order valence-corrected chi connectivity index (χ1v) is 12.2. The summed E-state index contributed by atoms with van der Waals surface area (Å²) in [7, 11) is -0.645. The molecule has 0 N–H and O–H groups in total. The second-order valence-electron chi connectivity index (χ2n) is 9.29. The predicted molar refractivity (Wildman–Crippen MR) is 122 cm³/mol. The van der Waals surface area contributed by atoms with Gasteiger partial charge in [0.05, 0.1) is 11.5 Å². The molecule has 0 unspecified atom stereocenters. The molecule has 8 heteroatoms. The Morgan fingerprint density at radius 3 is 2.47 bits per heavy atom. The number of rotatable bonds is 7. The van der Waals surface area contributed by atoms with Gasteiger partial charge in [0.25, 0.3) is 0 Å². The van der Waals surface area contributed by atoms with Crippen molar-refractivity contribution in [2.24, 2.45) is 5.41 Å². The van der Waals surface area contributed by atoms with Gasteiger partial charge >= 0.3 is 5.97 Å². The number of ether oxygens (including phenoxy) is 1. The fourth-order valence-electron chi connectivity index (χ4n) is 4.46. The number of carbonyl (C=O) groups excluding carboxylic acids is 2. The average molecular weight is 461 g/mol. The van der Waals surface area contributed by atoms with E-state index in [0.717, 1.165) is 17.0 Å². The molecule has 0 fully saturated rings. The number of benzene rings is 1. The molecule has 0 atom stereocenters. The van der Waals surface area contributed by atoms with E-state index in [1.54, 1.807) is 31.2 Å². The summed E-state index contributed by atoms with van der Waals surface area (Å²) in [4.78, 5) is 25.8. The Hall–Kier alpha value is -2.45. The molecule has 0 bridgehead atoms. The van der Waals surface area contributed by atoms with Gasteiger partial charge < -0.3 is 9.30 Å². The first-order valence-electron chi connectivity index (χ1n) is 10.8. The summed E-state index contributed by atoms with van der Waals surface area (Å²) in [6.07, 6.45) is 1.36. The molecule has 2 aromatic rings. The molecule has 1 heterocycles. The molecule has 3 rings (SSSR count). The van der Waals surface area contributed by atoms with Crippen LogP contribution in [-0.2, 0) is 38.9 Å².